The lowest BCUT2D eigenvalue weighted by Crippen LogP contribution is -2.46. The van der Waals surface area contributed by atoms with Gasteiger partial charge in [0.05, 0.1) is 12.9 Å². The highest BCUT2D eigenvalue weighted by atomic mass is 32.2. The van der Waals surface area contributed by atoms with Gasteiger partial charge in [0.25, 0.3) is 0 Å². The first kappa shape index (κ1) is 21.7. The van der Waals surface area contributed by atoms with Crippen molar-refractivity contribution in [1.82, 2.24) is 4.31 Å². The SMILES string of the molecule is CCCC(COC(C)C(F)(F)F)CC(C)(C)N(C)S(C)(=O)=O. The highest BCUT2D eigenvalue weighted by molar-refractivity contribution is 7.88. The molecule has 0 spiro atoms. The van der Waals surface area contributed by atoms with Crippen LogP contribution in [0.15, 0.2) is 0 Å². The number of rotatable bonds is 9. The van der Waals surface area contributed by atoms with Crippen LogP contribution in [0.4, 0.5) is 13.2 Å². The van der Waals surface area contributed by atoms with Crippen LogP contribution in [0.5, 0.6) is 0 Å². The lowest BCUT2D eigenvalue weighted by molar-refractivity contribution is -0.217. The molecule has 0 fully saturated rings. The van der Waals surface area contributed by atoms with E-state index in [1.165, 1.54) is 11.4 Å². The second-order valence-electron chi connectivity index (χ2n) is 6.42. The van der Waals surface area contributed by atoms with Crippen LogP contribution in [-0.2, 0) is 14.8 Å². The van der Waals surface area contributed by atoms with Crippen LogP contribution in [0.1, 0.15) is 47.0 Å². The Morgan fingerprint density at radius 1 is 1.23 bits per heavy atom. The minimum atomic E-state index is -4.38. The number of sulfonamides is 1. The van der Waals surface area contributed by atoms with Gasteiger partial charge < -0.3 is 4.74 Å². The molecule has 0 aromatic heterocycles. The molecule has 134 valence electrons. The Bertz CT molecular complexity index is 435. The van der Waals surface area contributed by atoms with E-state index in [0.717, 1.165) is 19.6 Å². The van der Waals surface area contributed by atoms with Gasteiger partial charge in [0.15, 0.2) is 6.10 Å². The Kier molecular flexibility index (Phi) is 7.84. The van der Waals surface area contributed by atoms with Gasteiger partial charge in [-0.15, -0.1) is 0 Å². The molecule has 0 N–H and O–H groups in total. The summed E-state index contributed by atoms with van der Waals surface area (Å²) in [5.41, 5.74) is -0.682. The topological polar surface area (TPSA) is 46.6 Å². The fourth-order valence-electron chi connectivity index (χ4n) is 2.31. The maximum atomic E-state index is 12.5. The third-order valence-corrected chi connectivity index (χ3v) is 5.37. The fourth-order valence-corrected chi connectivity index (χ4v) is 3.28. The first-order valence-corrected chi connectivity index (χ1v) is 9.19. The first-order chi connectivity index (χ1) is 9.71. The molecule has 0 aromatic carbocycles. The summed E-state index contributed by atoms with van der Waals surface area (Å²) in [5, 5.41) is 0. The first-order valence-electron chi connectivity index (χ1n) is 7.34. The normalized spacial score (nSPS) is 16.8. The fraction of sp³-hybridized carbons (Fsp3) is 1.00. The van der Waals surface area contributed by atoms with Crippen molar-refractivity contribution in [2.45, 2.75) is 64.8 Å². The zero-order valence-electron chi connectivity index (χ0n) is 14.2. The van der Waals surface area contributed by atoms with Gasteiger partial charge in [-0.2, -0.15) is 17.5 Å². The molecule has 2 atom stereocenters. The van der Waals surface area contributed by atoms with Crippen LogP contribution in [0.25, 0.3) is 0 Å². The van der Waals surface area contributed by atoms with Crippen molar-refractivity contribution >= 4 is 10.0 Å². The van der Waals surface area contributed by atoms with E-state index in [0.29, 0.717) is 12.8 Å². The molecule has 0 saturated carbocycles. The van der Waals surface area contributed by atoms with Gasteiger partial charge in [-0.1, -0.05) is 13.3 Å². The molecule has 0 rings (SSSR count). The smallest absolute Gasteiger partial charge is 0.369 e. The van der Waals surface area contributed by atoms with Crippen molar-refractivity contribution in [2.75, 3.05) is 19.9 Å². The Hall–Kier alpha value is -0.340. The molecule has 8 heteroatoms. The lowest BCUT2D eigenvalue weighted by Gasteiger charge is -2.37. The third kappa shape index (κ3) is 7.28. The molecule has 4 nitrogen and oxygen atoms in total. The molecule has 0 amide bonds. The quantitative estimate of drug-likeness (QED) is 0.642. The van der Waals surface area contributed by atoms with E-state index in [-0.39, 0.29) is 12.5 Å². The van der Waals surface area contributed by atoms with Crippen molar-refractivity contribution in [3.8, 4) is 0 Å². The van der Waals surface area contributed by atoms with Crippen LogP contribution in [0.2, 0.25) is 0 Å². The average Bonchev–Trinajstić information content (AvgIpc) is 2.32. The van der Waals surface area contributed by atoms with Gasteiger partial charge in [0.1, 0.15) is 0 Å². The van der Waals surface area contributed by atoms with Crippen LogP contribution in [-0.4, -0.2) is 50.5 Å². The van der Waals surface area contributed by atoms with Gasteiger partial charge in [-0.3, -0.25) is 0 Å². The molecule has 0 radical (unpaired) electrons. The number of halogens is 3. The summed E-state index contributed by atoms with van der Waals surface area (Å²) >= 11 is 0. The molecule has 2 unspecified atom stereocenters. The van der Waals surface area contributed by atoms with Crippen molar-refractivity contribution in [3.63, 3.8) is 0 Å². The van der Waals surface area contributed by atoms with Crippen LogP contribution < -0.4 is 0 Å². The molecule has 0 aromatic rings. The summed E-state index contributed by atoms with van der Waals surface area (Å²) in [6, 6.07) is 0. The zero-order valence-corrected chi connectivity index (χ0v) is 15.0. The minimum Gasteiger partial charge on any atom is -0.369 e. The largest absolute Gasteiger partial charge is 0.414 e. The van der Waals surface area contributed by atoms with Crippen molar-refractivity contribution in [2.24, 2.45) is 5.92 Å². The van der Waals surface area contributed by atoms with E-state index in [1.807, 2.05) is 6.92 Å². The van der Waals surface area contributed by atoms with Crippen molar-refractivity contribution < 1.29 is 26.3 Å². The second-order valence-corrected chi connectivity index (χ2v) is 8.43. The van der Waals surface area contributed by atoms with Crippen LogP contribution in [0, 0.1) is 5.92 Å². The van der Waals surface area contributed by atoms with E-state index < -0.39 is 27.8 Å². The Balaban J connectivity index is 4.84. The zero-order chi connectivity index (χ0) is 17.8. The van der Waals surface area contributed by atoms with E-state index in [2.05, 4.69) is 0 Å². The van der Waals surface area contributed by atoms with Gasteiger partial charge in [-0.05, 0) is 39.5 Å². The number of alkyl halides is 3. The Morgan fingerprint density at radius 2 is 1.73 bits per heavy atom. The Labute approximate surface area is 132 Å². The highest BCUT2D eigenvalue weighted by Crippen LogP contribution is 2.29. The average molecular weight is 347 g/mol. The summed E-state index contributed by atoms with van der Waals surface area (Å²) in [6.45, 7) is 6.42. The summed E-state index contributed by atoms with van der Waals surface area (Å²) < 4.78 is 67.0. The predicted octanol–water partition coefficient (Wildman–Crippen LogP) is 3.43. The molecule has 0 heterocycles. The monoisotopic (exact) mass is 347 g/mol. The van der Waals surface area contributed by atoms with E-state index in [4.69, 9.17) is 4.74 Å². The maximum Gasteiger partial charge on any atom is 0.414 e. The number of ether oxygens (including phenoxy) is 1. The molecule has 22 heavy (non-hydrogen) atoms. The van der Waals surface area contributed by atoms with E-state index >= 15 is 0 Å². The van der Waals surface area contributed by atoms with Crippen molar-refractivity contribution in [1.29, 1.82) is 0 Å². The third-order valence-electron chi connectivity index (χ3n) is 3.88. The highest BCUT2D eigenvalue weighted by Gasteiger charge is 2.38. The predicted molar refractivity (Wildman–Crippen MR) is 81.2 cm³/mol. The molecule has 0 bridgehead atoms. The molecular weight excluding hydrogens is 319 g/mol. The van der Waals surface area contributed by atoms with Gasteiger partial charge in [-0.25, -0.2) is 8.42 Å². The maximum absolute atomic E-state index is 12.5. The molecule has 0 aliphatic rings. The summed E-state index contributed by atoms with van der Waals surface area (Å²) in [6.07, 6.45) is -3.16. The van der Waals surface area contributed by atoms with Crippen LogP contribution in [0.3, 0.4) is 0 Å². The number of hydrogen-bond donors (Lipinski definition) is 0. The minimum absolute atomic E-state index is 0.0322. The molecular formula is C14H28F3NO3S. The molecule has 0 saturated heterocycles. The van der Waals surface area contributed by atoms with Gasteiger partial charge >= 0.3 is 6.18 Å². The number of hydrogen-bond acceptors (Lipinski definition) is 3. The lowest BCUT2D eigenvalue weighted by atomic mass is 9.88. The standard InChI is InChI=1S/C14H28F3NO3S/c1-7-8-12(10-21-11(2)14(15,16)17)9-13(3,4)18(5)22(6,19)20/h11-12H,7-10H2,1-6H3. The van der Waals surface area contributed by atoms with Gasteiger partial charge in [0, 0.05) is 12.6 Å². The number of nitrogens with zero attached hydrogens (tertiary/aromatic N) is 1. The Morgan fingerprint density at radius 3 is 2.09 bits per heavy atom. The van der Waals surface area contributed by atoms with Crippen molar-refractivity contribution in [3.05, 3.63) is 0 Å². The van der Waals surface area contributed by atoms with Gasteiger partial charge in [0.2, 0.25) is 10.0 Å². The van der Waals surface area contributed by atoms with Crippen LogP contribution >= 0.6 is 0 Å². The summed E-state index contributed by atoms with van der Waals surface area (Å²) in [5.74, 6) is -0.131. The summed E-state index contributed by atoms with van der Waals surface area (Å²) in [7, 11) is -1.88. The molecule has 0 aliphatic carbocycles. The molecule has 0 aliphatic heterocycles. The second kappa shape index (κ2) is 7.97. The van der Waals surface area contributed by atoms with E-state index in [9.17, 15) is 21.6 Å². The summed E-state index contributed by atoms with van der Waals surface area (Å²) in [4.78, 5) is 0. The van der Waals surface area contributed by atoms with E-state index in [1.54, 1.807) is 13.8 Å².